The van der Waals surface area contributed by atoms with Gasteiger partial charge in [0.05, 0.1) is 0 Å². The van der Waals surface area contributed by atoms with Crippen LogP contribution in [0.4, 0.5) is 5.69 Å². The van der Waals surface area contributed by atoms with E-state index in [0.29, 0.717) is 18.7 Å². The highest BCUT2D eigenvalue weighted by Gasteiger charge is 2.23. The maximum absolute atomic E-state index is 12.4. The molecule has 0 bridgehead atoms. The van der Waals surface area contributed by atoms with E-state index in [1.807, 2.05) is 43.5 Å². The van der Waals surface area contributed by atoms with Gasteiger partial charge < -0.3 is 18.9 Å². The summed E-state index contributed by atoms with van der Waals surface area (Å²) in [6.07, 6.45) is 3.45. The number of fused-ring (bicyclic) bond motifs is 1. The van der Waals surface area contributed by atoms with E-state index >= 15 is 0 Å². The summed E-state index contributed by atoms with van der Waals surface area (Å²) < 4.78 is 6.95. The predicted molar refractivity (Wildman–Crippen MR) is 105 cm³/mol. The number of ether oxygens (including phenoxy) is 1. The molecule has 3 heterocycles. The molecule has 0 unspecified atom stereocenters. The van der Waals surface area contributed by atoms with E-state index in [1.165, 1.54) is 0 Å². The fraction of sp³-hybridized carbons (Fsp3) is 0.286. The highest BCUT2D eigenvalue weighted by Crippen LogP contribution is 2.15. The number of imidazole rings is 1. The normalized spacial score (nSPS) is 14.3. The highest BCUT2D eigenvalue weighted by atomic mass is 16.5. The van der Waals surface area contributed by atoms with Gasteiger partial charge in [-0.05, 0) is 36.8 Å². The van der Waals surface area contributed by atoms with E-state index in [0.717, 1.165) is 24.3 Å². The standard InChI is InChI=1S/C21H22N4O3/c1-16-7-8-25-14-18(22-19(25)13-16)21(27)28-15-20(26)24-11-9-23(10-12-24)17-5-3-2-4-6-17/h2-8,13-14H,9-12,15H2,1H3. The summed E-state index contributed by atoms with van der Waals surface area (Å²) in [5, 5.41) is 0. The number of piperazine rings is 1. The third kappa shape index (κ3) is 3.83. The van der Waals surface area contributed by atoms with Gasteiger partial charge >= 0.3 is 5.97 Å². The number of esters is 1. The number of aromatic nitrogens is 2. The van der Waals surface area contributed by atoms with Crippen molar-refractivity contribution >= 4 is 23.2 Å². The molecule has 1 fully saturated rings. The van der Waals surface area contributed by atoms with Crippen molar-refractivity contribution in [3.8, 4) is 0 Å². The van der Waals surface area contributed by atoms with Crippen LogP contribution in [0.25, 0.3) is 5.65 Å². The molecule has 1 aliphatic heterocycles. The lowest BCUT2D eigenvalue weighted by Gasteiger charge is -2.36. The molecule has 144 valence electrons. The average Bonchev–Trinajstić information content (AvgIpc) is 3.16. The van der Waals surface area contributed by atoms with Crippen LogP contribution >= 0.6 is 0 Å². The number of anilines is 1. The molecule has 0 atom stereocenters. The first-order valence-corrected chi connectivity index (χ1v) is 9.30. The molecule has 28 heavy (non-hydrogen) atoms. The highest BCUT2D eigenvalue weighted by molar-refractivity contribution is 5.90. The number of carbonyl (C=O) groups is 2. The number of aryl methyl sites for hydroxylation is 1. The molecule has 1 amide bonds. The summed E-state index contributed by atoms with van der Waals surface area (Å²) in [4.78, 5) is 32.9. The van der Waals surface area contributed by atoms with Gasteiger partial charge in [0.2, 0.25) is 0 Å². The zero-order valence-corrected chi connectivity index (χ0v) is 15.7. The fourth-order valence-electron chi connectivity index (χ4n) is 3.33. The number of rotatable bonds is 4. The molecule has 7 heteroatoms. The van der Waals surface area contributed by atoms with Gasteiger partial charge in [-0.15, -0.1) is 0 Å². The van der Waals surface area contributed by atoms with Crippen molar-refractivity contribution in [2.75, 3.05) is 37.7 Å². The van der Waals surface area contributed by atoms with E-state index < -0.39 is 5.97 Å². The molecule has 1 aromatic carbocycles. The number of amides is 1. The number of para-hydroxylation sites is 1. The third-order valence-corrected chi connectivity index (χ3v) is 4.91. The molecule has 1 aliphatic rings. The Hall–Kier alpha value is -3.35. The maximum Gasteiger partial charge on any atom is 0.359 e. The summed E-state index contributed by atoms with van der Waals surface area (Å²) in [6.45, 7) is 4.43. The molecule has 1 saturated heterocycles. The van der Waals surface area contributed by atoms with E-state index in [4.69, 9.17) is 4.74 Å². The molecule has 4 rings (SSSR count). The molecule has 0 N–H and O–H groups in total. The Labute approximate surface area is 163 Å². The van der Waals surface area contributed by atoms with Gasteiger partial charge in [0.15, 0.2) is 12.3 Å². The van der Waals surface area contributed by atoms with Gasteiger partial charge in [-0.1, -0.05) is 18.2 Å². The second kappa shape index (κ2) is 7.72. The minimum absolute atomic E-state index is 0.180. The first-order valence-electron chi connectivity index (χ1n) is 9.30. The van der Waals surface area contributed by atoms with Gasteiger partial charge in [-0.2, -0.15) is 0 Å². The van der Waals surface area contributed by atoms with Crippen LogP contribution in [0.2, 0.25) is 0 Å². The average molecular weight is 378 g/mol. The maximum atomic E-state index is 12.4. The van der Waals surface area contributed by atoms with Crippen molar-refractivity contribution in [1.29, 1.82) is 0 Å². The SMILES string of the molecule is Cc1ccn2cc(C(=O)OCC(=O)N3CCN(c4ccccc4)CC3)nc2c1. The van der Waals surface area contributed by atoms with Crippen LogP contribution < -0.4 is 4.90 Å². The molecule has 0 saturated carbocycles. The van der Waals surface area contributed by atoms with Crippen molar-refractivity contribution in [3.63, 3.8) is 0 Å². The minimum atomic E-state index is -0.586. The summed E-state index contributed by atoms with van der Waals surface area (Å²) >= 11 is 0. The summed E-state index contributed by atoms with van der Waals surface area (Å²) in [7, 11) is 0. The topological polar surface area (TPSA) is 67.2 Å². The molecular weight excluding hydrogens is 356 g/mol. The first kappa shape index (κ1) is 18.0. The molecule has 2 aromatic heterocycles. The number of benzene rings is 1. The molecule has 0 spiro atoms. The van der Waals surface area contributed by atoms with Crippen LogP contribution in [0.3, 0.4) is 0 Å². The van der Waals surface area contributed by atoms with Crippen molar-refractivity contribution in [3.05, 3.63) is 66.1 Å². The smallest absolute Gasteiger partial charge is 0.359 e. The zero-order valence-electron chi connectivity index (χ0n) is 15.7. The first-order chi connectivity index (χ1) is 13.6. The number of pyridine rings is 1. The number of carbonyl (C=O) groups excluding carboxylic acids is 2. The minimum Gasteiger partial charge on any atom is -0.451 e. The van der Waals surface area contributed by atoms with Crippen molar-refractivity contribution in [2.24, 2.45) is 0 Å². The third-order valence-electron chi connectivity index (χ3n) is 4.91. The fourth-order valence-corrected chi connectivity index (χ4v) is 3.33. The molecule has 0 aliphatic carbocycles. The Morgan fingerprint density at radius 1 is 1.07 bits per heavy atom. The van der Waals surface area contributed by atoms with Crippen molar-refractivity contribution in [1.82, 2.24) is 14.3 Å². The Morgan fingerprint density at radius 2 is 1.82 bits per heavy atom. The van der Waals surface area contributed by atoms with Crippen LogP contribution in [0, 0.1) is 6.92 Å². The Balaban J connectivity index is 1.30. The van der Waals surface area contributed by atoms with Crippen LogP contribution in [-0.4, -0.2) is 58.9 Å². The van der Waals surface area contributed by atoms with Gasteiger partial charge in [0, 0.05) is 44.3 Å². The second-order valence-electron chi connectivity index (χ2n) is 6.88. The summed E-state index contributed by atoms with van der Waals surface area (Å²) in [6, 6.07) is 13.9. The number of hydrogen-bond acceptors (Lipinski definition) is 5. The van der Waals surface area contributed by atoms with Crippen LogP contribution in [-0.2, 0) is 9.53 Å². The Morgan fingerprint density at radius 3 is 2.57 bits per heavy atom. The lowest BCUT2D eigenvalue weighted by Crippen LogP contribution is -2.49. The lowest BCUT2D eigenvalue weighted by atomic mass is 10.2. The van der Waals surface area contributed by atoms with Gasteiger partial charge in [0.1, 0.15) is 5.65 Å². The molecular formula is C21H22N4O3. The van der Waals surface area contributed by atoms with E-state index in [9.17, 15) is 9.59 Å². The van der Waals surface area contributed by atoms with Gasteiger partial charge in [0.25, 0.3) is 5.91 Å². The Kier molecular flexibility index (Phi) is 4.97. The monoisotopic (exact) mass is 378 g/mol. The number of hydrogen-bond donors (Lipinski definition) is 0. The predicted octanol–water partition coefficient (Wildman–Crippen LogP) is 2.15. The van der Waals surface area contributed by atoms with E-state index in [1.54, 1.807) is 15.5 Å². The summed E-state index contributed by atoms with van der Waals surface area (Å²) in [5.41, 5.74) is 3.09. The van der Waals surface area contributed by atoms with Crippen molar-refractivity contribution < 1.29 is 14.3 Å². The molecule has 7 nitrogen and oxygen atoms in total. The largest absolute Gasteiger partial charge is 0.451 e. The zero-order chi connectivity index (χ0) is 19.5. The van der Waals surface area contributed by atoms with Crippen molar-refractivity contribution in [2.45, 2.75) is 6.92 Å². The number of nitrogens with zero attached hydrogens (tertiary/aromatic N) is 4. The molecule has 3 aromatic rings. The lowest BCUT2D eigenvalue weighted by molar-refractivity contribution is -0.134. The van der Waals surface area contributed by atoms with E-state index in [-0.39, 0.29) is 18.2 Å². The van der Waals surface area contributed by atoms with Gasteiger partial charge in [-0.25, -0.2) is 9.78 Å². The van der Waals surface area contributed by atoms with Crippen LogP contribution in [0.15, 0.2) is 54.9 Å². The van der Waals surface area contributed by atoms with Crippen LogP contribution in [0.5, 0.6) is 0 Å². The molecule has 0 radical (unpaired) electrons. The van der Waals surface area contributed by atoms with Gasteiger partial charge in [-0.3, -0.25) is 4.79 Å². The Bertz CT molecular complexity index is 991. The van der Waals surface area contributed by atoms with Crippen LogP contribution in [0.1, 0.15) is 16.1 Å². The second-order valence-corrected chi connectivity index (χ2v) is 6.88. The summed E-state index contributed by atoms with van der Waals surface area (Å²) in [5.74, 6) is -0.765. The van der Waals surface area contributed by atoms with E-state index in [2.05, 4.69) is 22.0 Å². The quantitative estimate of drug-likeness (QED) is 0.651.